The number of esters is 3. The molecule has 0 radical (unpaired) electrons. The van der Waals surface area contributed by atoms with Gasteiger partial charge in [0.15, 0.2) is 18.0 Å². The summed E-state index contributed by atoms with van der Waals surface area (Å²) in [6, 6.07) is 10.3. The van der Waals surface area contributed by atoms with Crippen LogP contribution in [0.4, 0.5) is 4.39 Å². The average molecular weight is 952 g/mol. The minimum Gasteiger partial charge on any atom is -0.456 e. The maximum Gasteiger partial charge on any atom is 0.338 e. The van der Waals surface area contributed by atoms with Crippen molar-refractivity contribution in [2.24, 2.45) is 16.7 Å². The summed E-state index contributed by atoms with van der Waals surface area (Å²) < 4.78 is 63.4. The Morgan fingerprint density at radius 2 is 1.64 bits per heavy atom. The summed E-state index contributed by atoms with van der Waals surface area (Å²) in [5.41, 5.74) is -3.91. The Morgan fingerprint density at radius 1 is 0.985 bits per heavy atom. The van der Waals surface area contributed by atoms with E-state index >= 15 is 9.18 Å². The Kier molecular flexibility index (Phi) is 14.5. The molecule has 16 heteroatoms. The van der Waals surface area contributed by atoms with E-state index in [1.54, 1.807) is 37.4 Å². The van der Waals surface area contributed by atoms with Gasteiger partial charge >= 0.3 is 17.9 Å². The van der Waals surface area contributed by atoms with Gasteiger partial charge in [-0.3, -0.25) is 9.78 Å². The molecule has 12 atom stereocenters. The third kappa shape index (κ3) is 8.52. The van der Waals surface area contributed by atoms with Crippen LogP contribution in [0.25, 0.3) is 0 Å². The lowest BCUT2D eigenvalue weighted by Crippen LogP contribution is -2.79. The van der Waals surface area contributed by atoms with Gasteiger partial charge < -0.3 is 48.2 Å². The normalized spacial score (nSPS) is 33.2. The van der Waals surface area contributed by atoms with Gasteiger partial charge in [0.1, 0.15) is 35.8 Å². The molecule has 7 rings (SSSR count). The van der Waals surface area contributed by atoms with Crippen LogP contribution in [-0.2, 0) is 42.4 Å². The largest absolute Gasteiger partial charge is 0.456 e. The van der Waals surface area contributed by atoms with Gasteiger partial charge in [-0.2, -0.15) is 0 Å². The van der Waals surface area contributed by atoms with Crippen molar-refractivity contribution in [3.8, 4) is 0 Å². The smallest absolute Gasteiger partial charge is 0.338 e. The second kappa shape index (κ2) is 18.9. The molecule has 0 unspecified atom stereocenters. The minimum atomic E-state index is -2.90. The van der Waals surface area contributed by atoms with Crippen molar-refractivity contribution in [3.05, 3.63) is 76.9 Å². The number of nitrogens with zero attached hydrogens (tertiary/aromatic N) is 2. The number of hydrogen-bond donors (Lipinski definition) is 2. The summed E-state index contributed by atoms with van der Waals surface area (Å²) in [5.74, 6) is -3.54. The van der Waals surface area contributed by atoms with Crippen LogP contribution in [0, 0.1) is 22.6 Å². The molecular weight excluding hydrogens is 878 g/mol. The van der Waals surface area contributed by atoms with E-state index in [4.69, 9.17) is 32.8 Å². The SMILES string of the molecule is CN[C@@H](c1ncccc1F)[C@@H](O[Si](C(C)C)(C(C)C)C(C)C)C(=O)O[C@H]1C[C@@]2(O)[C@@H](OC(=O)c3ccccc3)[C@H]3[C@@](C)(CC[C@H]4OC[C@]43OC(C)=O)[C@@H]3O[C@H](CN(C)C)O[C@@H]3C(=C1C)C2(C)C. The van der Waals surface area contributed by atoms with Gasteiger partial charge in [0, 0.05) is 36.9 Å². The van der Waals surface area contributed by atoms with Crippen molar-refractivity contribution in [3.63, 3.8) is 0 Å². The molecule has 14 nitrogen and oxygen atoms in total. The van der Waals surface area contributed by atoms with Crippen LogP contribution in [0.15, 0.2) is 59.8 Å². The number of pyridine rings is 1. The summed E-state index contributed by atoms with van der Waals surface area (Å²) in [4.78, 5) is 49.8. The maximum absolute atomic E-state index is 15.9. The van der Waals surface area contributed by atoms with E-state index in [1.807, 2.05) is 39.8 Å². The van der Waals surface area contributed by atoms with Crippen LogP contribution in [-0.4, -0.2) is 130 Å². The Bertz CT molecular complexity index is 2170. The van der Waals surface area contributed by atoms with Crippen molar-refractivity contribution < 1.29 is 56.7 Å². The molecule has 67 heavy (non-hydrogen) atoms. The van der Waals surface area contributed by atoms with Crippen molar-refractivity contribution >= 4 is 26.2 Å². The number of carbonyl (C=O) groups is 3. The Labute approximate surface area is 397 Å². The zero-order chi connectivity index (χ0) is 49.2. The molecule has 2 bridgehead atoms. The predicted molar refractivity (Wildman–Crippen MR) is 251 cm³/mol. The number of hydrogen-bond acceptors (Lipinski definition) is 14. The molecule has 4 fully saturated rings. The number of likely N-dealkylation sites (N-methyl/N-ethyl adjacent to an activating group) is 2. The zero-order valence-electron chi connectivity index (χ0n) is 41.9. The van der Waals surface area contributed by atoms with E-state index in [0.29, 0.717) is 30.5 Å². The van der Waals surface area contributed by atoms with E-state index in [0.717, 1.165) is 0 Å². The lowest BCUT2D eigenvalue weighted by atomic mass is 9.45. The highest BCUT2D eigenvalue weighted by molar-refractivity contribution is 6.77. The zero-order valence-corrected chi connectivity index (χ0v) is 42.9. The van der Waals surface area contributed by atoms with E-state index in [9.17, 15) is 14.7 Å². The third-order valence-electron chi connectivity index (χ3n) is 16.3. The molecule has 2 saturated heterocycles. The molecule has 3 heterocycles. The van der Waals surface area contributed by atoms with Gasteiger partial charge in [-0.15, -0.1) is 0 Å². The van der Waals surface area contributed by atoms with Crippen LogP contribution in [0.1, 0.15) is 118 Å². The molecular formula is C51H74FN3O11Si. The predicted octanol–water partition coefficient (Wildman–Crippen LogP) is 7.46. The fourth-order valence-electron chi connectivity index (χ4n) is 13.2. The topological polar surface area (TPSA) is 164 Å². The quantitative estimate of drug-likeness (QED) is 0.0783. The van der Waals surface area contributed by atoms with E-state index < -0.39 is 109 Å². The van der Waals surface area contributed by atoms with Gasteiger partial charge in [-0.1, -0.05) is 80.5 Å². The van der Waals surface area contributed by atoms with Gasteiger partial charge in [0.2, 0.25) is 8.32 Å². The number of aromatic nitrogens is 1. The highest BCUT2D eigenvalue weighted by Gasteiger charge is 2.77. The first-order valence-corrected chi connectivity index (χ1v) is 26.2. The second-order valence-electron chi connectivity index (χ2n) is 21.6. The molecule has 0 amide bonds. The van der Waals surface area contributed by atoms with Crippen LogP contribution in [0.2, 0.25) is 16.6 Å². The monoisotopic (exact) mass is 952 g/mol. The number of nitrogens with one attached hydrogen (secondary N) is 1. The van der Waals surface area contributed by atoms with Gasteiger partial charge in [0.05, 0.1) is 35.9 Å². The summed E-state index contributed by atoms with van der Waals surface area (Å²) in [7, 11) is 2.58. The standard InChI is InChI=1S/C51H74FN3O11Si/c1-28(2)67(29(3)4,30(5)6)66-42(40(53-12)39-34(52)21-18-24-54-39)47(58)61-35-25-51(59)45(64-46(57)33-19-16-15-17-20-33)43-49(11,23-22-36-50(43,27-60-36)65-32(8)56)44-41(38(31(35)7)48(51,9)10)62-37(63-44)26-55(13)14/h15-21,24,28-30,35-37,40-45,53,59H,22-23,25-27H2,1-14H3/t35-,36+,37+,40-,41+,42+,43-,44+,45-,49+,50-,51+/m0/s1. The molecule has 5 aliphatic rings. The Hall–Kier alpha value is -3.61. The van der Waals surface area contributed by atoms with Crippen molar-refractivity contribution in [1.29, 1.82) is 0 Å². The van der Waals surface area contributed by atoms with Crippen LogP contribution in [0.3, 0.4) is 0 Å². The number of aliphatic hydroxyl groups is 1. The first-order valence-electron chi connectivity index (χ1n) is 24.0. The lowest BCUT2D eigenvalue weighted by Gasteiger charge is -2.68. The van der Waals surface area contributed by atoms with Crippen molar-refractivity contribution in [2.45, 2.75) is 172 Å². The molecule has 0 spiro atoms. The molecule has 2 saturated carbocycles. The first-order chi connectivity index (χ1) is 31.4. The summed E-state index contributed by atoms with van der Waals surface area (Å²) >= 11 is 0. The maximum atomic E-state index is 15.9. The molecule has 3 aliphatic carbocycles. The van der Waals surface area contributed by atoms with E-state index in [-0.39, 0.29) is 40.9 Å². The average Bonchev–Trinajstić information content (AvgIpc) is 3.65. The summed E-state index contributed by atoms with van der Waals surface area (Å²) in [5, 5.41) is 17.3. The molecule has 370 valence electrons. The number of benzene rings is 1. The molecule has 2 aliphatic heterocycles. The van der Waals surface area contributed by atoms with E-state index in [1.165, 1.54) is 25.3 Å². The van der Waals surface area contributed by atoms with Gasteiger partial charge in [-0.25, -0.2) is 14.0 Å². The second-order valence-corrected chi connectivity index (χ2v) is 27.0. The number of rotatable bonds is 15. The third-order valence-corrected chi connectivity index (χ3v) is 22.4. The number of halogens is 1. The van der Waals surface area contributed by atoms with Crippen LogP contribution in [0.5, 0.6) is 0 Å². The van der Waals surface area contributed by atoms with Gasteiger partial charge in [0.25, 0.3) is 0 Å². The number of carbonyl (C=O) groups excluding carboxylic acids is 3. The Morgan fingerprint density at radius 3 is 2.19 bits per heavy atom. The molecule has 1 aromatic heterocycles. The summed E-state index contributed by atoms with van der Waals surface area (Å²) in [6.07, 6.45) is -4.48. The fraction of sp³-hybridized carbons (Fsp3) is 0.686. The van der Waals surface area contributed by atoms with Crippen LogP contribution < -0.4 is 5.32 Å². The minimum absolute atomic E-state index is 0.00134. The molecule has 2 N–H and O–H groups in total. The van der Waals surface area contributed by atoms with Crippen molar-refractivity contribution in [1.82, 2.24) is 15.2 Å². The Balaban J connectivity index is 1.45. The summed E-state index contributed by atoms with van der Waals surface area (Å²) in [6.45, 7) is 22.1. The van der Waals surface area contributed by atoms with Gasteiger partial charge in [-0.05, 0) is 92.9 Å². The highest BCUT2D eigenvalue weighted by atomic mass is 28.4. The van der Waals surface area contributed by atoms with Crippen LogP contribution >= 0.6 is 0 Å². The molecule has 2 aromatic rings. The lowest BCUT2D eigenvalue weighted by molar-refractivity contribution is -0.345. The first kappa shape index (κ1) is 51.2. The fourth-order valence-corrected chi connectivity index (χ4v) is 18.7. The van der Waals surface area contributed by atoms with E-state index in [2.05, 4.69) is 58.8 Å². The van der Waals surface area contributed by atoms with Crippen molar-refractivity contribution in [2.75, 3.05) is 34.3 Å². The molecule has 1 aromatic carbocycles. The highest BCUT2D eigenvalue weighted by Crippen LogP contribution is 2.67. The number of fused-ring (bicyclic) bond motifs is 8. The number of ether oxygens (including phenoxy) is 6.